The number of hydrogen-bond donors (Lipinski definition) is 4. The molecule has 0 saturated carbocycles. The number of rotatable bonds is 6. The molecule has 0 amide bonds. The number of piperazine rings is 1. The minimum Gasteiger partial charge on any atom is -0.383 e. The van der Waals surface area contributed by atoms with Crippen molar-refractivity contribution in [2.45, 2.75) is 38.5 Å². The van der Waals surface area contributed by atoms with Gasteiger partial charge in [0.2, 0.25) is 0 Å². The second-order valence-corrected chi connectivity index (χ2v) is 11.3. The van der Waals surface area contributed by atoms with E-state index in [0.29, 0.717) is 28.1 Å². The van der Waals surface area contributed by atoms with Crippen LogP contribution in [0, 0.1) is 24.2 Å². The summed E-state index contributed by atoms with van der Waals surface area (Å²) in [6, 6.07) is 10.2. The van der Waals surface area contributed by atoms with Crippen LogP contribution in [0.2, 0.25) is 0 Å². The summed E-state index contributed by atoms with van der Waals surface area (Å²) in [7, 11) is 2.02. The first-order valence-corrected chi connectivity index (χ1v) is 14.5. The molecule has 1 aromatic heterocycles. The zero-order chi connectivity index (χ0) is 30.6. The fourth-order valence-electron chi connectivity index (χ4n) is 5.45. The normalized spacial score (nSPS) is 16.9. The number of nitrogens with one attached hydrogen (secondary N) is 3. The van der Waals surface area contributed by atoms with E-state index >= 15 is 0 Å². The lowest BCUT2D eigenvalue weighted by Gasteiger charge is -2.33. The number of hydrogen-bond acceptors (Lipinski definition) is 8. The Bertz CT molecular complexity index is 1530. The molecule has 3 heterocycles. The third-order valence-electron chi connectivity index (χ3n) is 8.10. The summed E-state index contributed by atoms with van der Waals surface area (Å²) in [6.07, 6.45) is -1.28. The molecule has 5 rings (SSSR count). The van der Waals surface area contributed by atoms with Gasteiger partial charge in [-0.3, -0.25) is 10.3 Å². The number of nitrogen functional groups attached to an aromatic ring is 1. The highest BCUT2D eigenvalue weighted by Gasteiger charge is 2.34. The zero-order valence-electron chi connectivity index (χ0n) is 24.5. The Kier molecular flexibility index (Phi) is 9.30. The van der Waals surface area contributed by atoms with Crippen LogP contribution in [-0.4, -0.2) is 77.8 Å². The van der Waals surface area contributed by atoms with Crippen LogP contribution < -0.4 is 16.4 Å². The molecule has 0 bridgehead atoms. The number of halogens is 3. The minimum absolute atomic E-state index is 0.0352. The lowest BCUT2D eigenvalue weighted by molar-refractivity contribution is -0.138. The SMILES string of the molecule is Cc1ccc(-c2ccc(CN3CCN(C)CC3)c(C(F)(F)F)c2)cc1C#CC(=N)c1c(N)ncnc1NC1CCNCC1. The second kappa shape index (κ2) is 13.1. The molecule has 2 aliphatic rings. The quantitative estimate of drug-likeness (QED) is 0.249. The Morgan fingerprint density at radius 3 is 2.49 bits per heavy atom. The number of nitrogens with zero attached hydrogens (tertiary/aromatic N) is 4. The van der Waals surface area contributed by atoms with Gasteiger partial charge < -0.3 is 21.3 Å². The van der Waals surface area contributed by atoms with E-state index in [4.69, 9.17) is 11.1 Å². The van der Waals surface area contributed by atoms with Crippen LogP contribution in [0.3, 0.4) is 0 Å². The van der Waals surface area contributed by atoms with Gasteiger partial charge >= 0.3 is 6.18 Å². The van der Waals surface area contributed by atoms with Gasteiger partial charge in [-0.2, -0.15) is 13.2 Å². The van der Waals surface area contributed by atoms with Crippen molar-refractivity contribution < 1.29 is 13.2 Å². The summed E-state index contributed by atoms with van der Waals surface area (Å²) >= 11 is 0. The van der Waals surface area contributed by atoms with Gasteiger partial charge in [-0.25, -0.2) is 9.97 Å². The van der Waals surface area contributed by atoms with Gasteiger partial charge in [0, 0.05) is 44.3 Å². The molecule has 0 unspecified atom stereocenters. The number of benzene rings is 2. The van der Waals surface area contributed by atoms with Crippen LogP contribution in [-0.2, 0) is 12.7 Å². The molecule has 2 saturated heterocycles. The van der Waals surface area contributed by atoms with E-state index in [1.807, 2.05) is 20.0 Å². The Labute approximate surface area is 250 Å². The molecular weight excluding hydrogens is 553 g/mol. The summed E-state index contributed by atoms with van der Waals surface area (Å²) in [5.74, 6) is 6.55. The third kappa shape index (κ3) is 7.51. The van der Waals surface area contributed by atoms with Crippen LogP contribution in [0.4, 0.5) is 24.8 Å². The smallest absolute Gasteiger partial charge is 0.383 e. The first kappa shape index (κ1) is 30.5. The number of alkyl halides is 3. The largest absolute Gasteiger partial charge is 0.416 e. The average Bonchev–Trinajstić information content (AvgIpc) is 2.98. The highest BCUT2D eigenvalue weighted by molar-refractivity contribution is 6.16. The zero-order valence-corrected chi connectivity index (χ0v) is 24.5. The maximum absolute atomic E-state index is 14.2. The van der Waals surface area contributed by atoms with E-state index in [2.05, 4.69) is 42.2 Å². The number of aromatic nitrogens is 2. The molecule has 0 aliphatic carbocycles. The predicted molar refractivity (Wildman–Crippen MR) is 164 cm³/mol. The molecule has 0 radical (unpaired) electrons. The van der Waals surface area contributed by atoms with E-state index in [1.54, 1.807) is 24.3 Å². The van der Waals surface area contributed by atoms with Gasteiger partial charge in [0.1, 0.15) is 23.7 Å². The van der Waals surface area contributed by atoms with Crippen LogP contribution in [0.15, 0.2) is 42.7 Å². The van der Waals surface area contributed by atoms with Gasteiger partial charge in [0.05, 0.1) is 11.1 Å². The van der Waals surface area contributed by atoms with E-state index in [-0.39, 0.29) is 29.7 Å². The average molecular weight is 591 g/mol. The van der Waals surface area contributed by atoms with Gasteiger partial charge in [-0.05, 0) is 80.2 Å². The molecule has 226 valence electrons. The molecule has 2 fully saturated rings. The fourth-order valence-corrected chi connectivity index (χ4v) is 5.45. The number of likely N-dealkylation sites (N-methyl/N-ethyl adjacent to an activating group) is 1. The Balaban J connectivity index is 1.40. The summed E-state index contributed by atoms with van der Waals surface area (Å²) in [6.45, 7) is 7.07. The molecule has 3 aromatic rings. The van der Waals surface area contributed by atoms with Crippen LogP contribution in [0.1, 0.15) is 40.7 Å². The third-order valence-corrected chi connectivity index (χ3v) is 8.10. The Morgan fingerprint density at radius 1 is 1.07 bits per heavy atom. The maximum atomic E-state index is 14.2. The van der Waals surface area contributed by atoms with Gasteiger partial charge in [0.15, 0.2) is 0 Å². The van der Waals surface area contributed by atoms with Crippen molar-refractivity contribution in [3.05, 3.63) is 70.5 Å². The highest BCUT2D eigenvalue weighted by atomic mass is 19.4. The van der Waals surface area contributed by atoms with Crippen molar-refractivity contribution >= 4 is 17.3 Å². The molecule has 2 aromatic carbocycles. The van der Waals surface area contributed by atoms with Crippen molar-refractivity contribution in [2.75, 3.05) is 57.4 Å². The fraction of sp³-hybridized carbons (Fsp3) is 0.406. The molecule has 43 heavy (non-hydrogen) atoms. The van der Waals surface area contributed by atoms with E-state index < -0.39 is 11.7 Å². The first-order valence-electron chi connectivity index (χ1n) is 14.5. The van der Waals surface area contributed by atoms with E-state index in [9.17, 15) is 13.2 Å². The standard InChI is InChI=1S/C32H37F3N8/c1-21-3-4-23(24-5-6-25(27(18-24)32(33,34)35)19-43-15-13-42(2)14-16-43)17-22(21)7-8-28(36)29-30(37)39-20-40-31(29)41-26-9-11-38-12-10-26/h3-6,17-18,20,26,36,38H,9-16,19H2,1-2H3,(H3,37,39,40,41). The van der Waals surface area contributed by atoms with Crippen LogP contribution in [0.25, 0.3) is 11.1 Å². The van der Waals surface area contributed by atoms with Crippen molar-refractivity contribution in [3.63, 3.8) is 0 Å². The molecule has 8 nitrogen and oxygen atoms in total. The molecule has 11 heteroatoms. The topological polar surface area (TPSA) is 106 Å². The monoisotopic (exact) mass is 590 g/mol. The Hall–Kier alpha value is -3.98. The molecule has 5 N–H and O–H groups in total. The summed E-state index contributed by atoms with van der Waals surface area (Å²) in [5.41, 5.74) is 8.64. The minimum atomic E-state index is -4.47. The van der Waals surface area contributed by atoms with Gasteiger partial charge in [0.25, 0.3) is 0 Å². The molecular formula is C32H37F3N8. The summed E-state index contributed by atoms with van der Waals surface area (Å²) in [5, 5.41) is 15.4. The lowest BCUT2D eigenvalue weighted by Crippen LogP contribution is -2.44. The predicted octanol–water partition coefficient (Wildman–Crippen LogP) is 4.38. The summed E-state index contributed by atoms with van der Waals surface area (Å²) < 4.78 is 42.6. The molecule has 2 aliphatic heterocycles. The van der Waals surface area contributed by atoms with Crippen LogP contribution >= 0.6 is 0 Å². The van der Waals surface area contributed by atoms with Crippen molar-refractivity contribution in [3.8, 4) is 23.0 Å². The second-order valence-electron chi connectivity index (χ2n) is 11.3. The summed E-state index contributed by atoms with van der Waals surface area (Å²) in [4.78, 5) is 12.6. The Morgan fingerprint density at radius 2 is 1.77 bits per heavy atom. The number of nitrogens with two attached hydrogens (primary N) is 1. The van der Waals surface area contributed by atoms with E-state index in [1.165, 1.54) is 12.4 Å². The molecule has 0 atom stereocenters. The lowest BCUT2D eigenvalue weighted by atomic mass is 9.95. The number of anilines is 2. The number of piperidine rings is 1. The number of aryl methyl sites for hydroxylation is 1. The first-order chi connectivity index (χ1) is 20.6. The van der Waals surface area contributed by atoms with Gasteiger partial charge in [-0.15, -0.1) is 0 Å². The van der Waals surface area contributed by atoms with Crippen molar-refractivity contribution in [2.24, 2.45) is 0 Å². The van der Waals surface area contributed by atoms with Crippen LogP contribution in [0.5, 0.6) is 0 Å². The molecule has 0 spiro atoms. The van der Waals surface area contributed by atoms with E-state index in [0.717, 1.165) is 57.7 Å². The van der Waals surface area contributed by atoms with Gasteiger partial charge in [-0.1, -0.05) is 30.2 Å². The maximum Gasteiger partial charge on any atom is 0.416 e. The van der Waals surface area contributed by atoms with Crippen molar-refractivity contribution in [1.82, 2.24) is 25.1 Å². The van der Waals surface area contributed by atoms with Crippen molar-refractivity contribution in [1.29, 1.82) is 5.41 Å². The highest BCUT2D eigenvalue weighted by Crippen LogP contribution is 2.36.